The molecule has 0 amide bonds. The van der Waals surface area contributed by atoms with Crippen LogP contribution < -0.4 is 5.32 Å². The maximum atomic E-state index is 3.84. The molecule has 0 spiro atoms. The summed E-state index contributed by atoms with van der Waals surface area (Å²) in [5.41, 5.74) is 3.36. The van der Waals surface area contributed by atoms with Crippen LogP contribution in [0.1, 0.15) is 44.9 Å². The van der Waals surface area contributed by atoms with E-state index >= 15 is 0 Å². The van der Waals surface area contributed by atoms with E-state index in [-0.39, 0.29) is 0 Å². The third kappa shape index (κ3) is 2.92. The summed E-state index contributed by atoms with van der Waals surface area (Å²) in [7, 11) is 0. The van der Waals surface area contributed by atoms with Crippen molar-refractivity contribution in [3.05, 3.63) is 35.4 Å². The molecule has 0 radical (unpaired) electrons. The molecule has 2 atom stereocenters. The van der Waals surface area contributed by atoms with Crippen LogP contribution in [-0.2, 0) is 6.42 Å². The number of fused-ring (bicyclic) bond motifs is 1. The molecule has 0 aliphatic heterocycles. The SMILES string of the molecule is CCSCC(C)NC1c2ccccc2CC1(C)C. The molecule has 1 aliphatic rings. The Bertz CT molecular complexity index is 400. The van der Waals surface area contributed by atoms with Crippen LogP contribution in [-0.4, -0.2) is 17.5 Å². The molecule has 1 N–H and O–H groups in total. The summed E-state index contributed by atoms with van der Waals surface area (Å²) in [4.78, 5) is 0. The van der Waals surface area contributed by atoms with Gasteiger partial charge in [-0.25, -0.2) is 0 Å². The summed E-state index contributed by atoms with van der Waals surface area (Å²) in [6, 6.07) is 9.98. The lowest BCUT2D eigenvalue weighted by Gasteiger charge is -2.31. The maximum Gasteiger partial charge on any atom is 0.0380 e. The van der Waals surface area contributed by atoms with Crippen LogP contribution in [0.3, 0.4) is 0 Å². The fourth-order valence-corrected chi connectivity index (χ4v) is 3.62. The van der Waals surface area contributed by atoms with E-state index in [1.807, 2.05) is 11.8 Å². The van der Waals surface area contributed by atoms with Gasteiger partial charge in [-0.1, -0.05) is 45.0 Å². The average Bonchev–Trinajstić information content (AvgIpc) is 2.58. The molecular weight excluding hydrogens is 238 g/mol. The Morgan fingerprint density at radius 2 is 2.11 bits per heavy atom. The molecule has 18 heavy (non-hydrogen) atoms. The predicted molar refractivity (Wildman–Crippen MR) is 82.3 cm³/mol. The number of hydrogen-bond acceptors (Lipinski definition) is 2. The molecule has 2 heteroatoms. The lowest BCUT2D eigenvalue weighted by atomic mass is 9.85. The molecule has 2 rings (SSSR count). The largest absolute Gasteiger partial charge is 0.306 e. The lowest BCUT2D eigenvalue weighted by Crippen LogP contribution is -2.38. The summed E-state index contributed by atoms with van der Waals surface area (Å²) < 4.78 is 0. The van der Waals surface area contributed by atoms with Crippen molar-refractivity contribution in [2.45, 2.75) is 46.2 Å². The first-order chi connectivity index (χ1) is 8.54. The Morgan fingerprint density at radius 3 is 2.83 bits per heavy atom. The minimum Gasteiger partial charge on any atom is -0.306 e. The second kappa shape index (κ2) is 5.66. The summed E-state index contributed by atoms with van der Waals surface area (Å²) in [6.45, 7) is 9.29. The van der Waals surface area contributed by atoms with E-state index in [1.165, 1.54) is 29.1 Å². The van der Waals surface area contributed by atoms with E-state index in [9.17, 15) is 0 Å². The van der Waals surface area contributed by atoms with Crippen molar-refractivity contribution in [1.82, 2.24) is 5.32 Å². The highest BCUT2D eigenvalue weighted by atomic mass is 32.2. The molecule has 0 bridgehead atoms. The van der Waals surface area contributed by atoms with Crippen molar-refractivity contribution in [2.75, 3.05) is 11.5 Å². The number of hydrogen-bond donors (Lipinski definition) is 1. The predicted octanol–water partition coefficient (Wildman–Crippen LogP) is 4.04. The Balaban J connectivity index is 2.11. The number of nitrogens with one attached hydrogen (secondary N) is 1. The molecule has 2 unspecified atom stereocenters. The molecule has 1 aromatic carbocycles. The van der Waals surface area contributed by atoms with Crippen molar-refractivity contribution in [2.24, 2.45) is 5.41 Å². The summed E-state index contributed by atoms with van der Waals surface area (Å²) in [6.07, 6.45) is 1.19. The van der Waals surface area contributed by atoms with Gasteiger partial charge in [0.05, 0.1) is 0 Å². The van der Waals surface area contributed by atoms with Crippen molar-refractivity contribution < 1.29 is 0 Å². The molecule has 1 aliphatic carbocycles. The molecule has 0 saturated heterocycles. The van der Waals surface area contributed by atoms with Gasteiger partial charge in [-0.3, -0.25) is 0 Å². The number of thioether (sulfide) groups is 1. The van der Waals surface area contributed by atoms with E-state index in [4.69, 9.17) is 0 Å². The third-order valence-electron chi connectivity index (χ3n) is 3.82. The van der Waals surface area contributed by atoms with Gasteiger partial charge in [-0.05, 0) is 35.6 Å². The first-order valence-corrected chi connectivity index (χ1v) is 8.11. The summed E-state index contributed by atoms with van der Waals surface area (Å²) in [5.74, 6) is 2.40. The fourth-order valence-electron chi connectivity index (χ4n) is 2.93. The van der Waals surface area contributed by atoms with Crippen molar-refractivity contribution in [3.8, 4) is 0 Å². The minimum absolute atomic E-state index is 0.328. The van der Waals surface area contributed by atoms with Crippen LogP contribution >= 0.6 is 11.8 Å². The zero-order chi connectivity index (χ0) is 13.2. The van der Waals surface area contributed by atoms with Crippen LogP contribution in [0.2, 0.25) is 0 Å². The number of benzene rings is 1. The molecule has 0 fully saturated rings. The van der Waals surface area contributed by atoms with Crippen molar-refractivity contribution in [1.29, 1.82) is 0 Å². The topological polar surface area (TPSA) is 12.0 Å². The average molecular weight is 263 g/mol. The van der Waals surface area contributed by atoms with Gasteiger partial charge in [-0.15, -0.1) is 0 Å². The standard InChI is InChI=1S/C16H25NS/c1-5-18-11-12(2)17-15-14-9-7-6-8-13(14)10-16(15,3)4/h6-9,12,15,17H,5,10-11H2,1-4H3. The van der Waals surface area contributed by atoms with Crippen LogP contribution in [0.4, 0.5) is 0 Å². The van der Waals surface area contributed by atoms with Gasteiger partial charge in [0.15, 0.2) is 0 Å². The third-order valence-corrected chi connectivity index (χ3v) is 4.96. The van der Waals surface area contributed by atoms with Gasteiger partial charge in [-0.2, -0.15) is 11.8 Å². The molecule has 0 aromatic heterocycles. The van der Waals surface area contributed by atoms with Gasteiger partial charge in [0.25, 0.3) is 0 Å². The zero-order valence-electron chi connectivity index (χ0n) is 12.0. The van der Waals surface area contributed by atoms with Crippen molar-refractivity contribution in [3.63, 3.8) is 0 Å². The van der Waals surface area contributed by atoms with Gasteiger partial charge in [0, 0.05) is 17.8 Å². The molecule has 0 saturated carbocycles. The van der Waals surface area contributed by atoms with Crippen LogP contribution in [0.5, 0.6) is 0 Å². The van der Waals surface area contributed by atoms with Crippen LogP contribution in [0, 0.1) is 5.41 Å². The highest BCUT2D eigenvalue weighted by Gasteiger charge is 2.38. The quantitative estimate of drug-likeness (QED) is 0.860. The Morgan fingerprint density at radius 1 is 1.39 bits per heavy atom. The Labute approximate surface area is 116 Å². The lowest BCUT2D eigenvalue weighted by molar-refractivity contribution is 0.257. The Kier molecular flexibility index (Phi) is 4.39. The van der Waals surface area contributed by atoms with Crippen LogP contribution in [0.15, 0.2) is 24.3 Å². The summed E-state index contributed by atoms with van der Waals surface area (Å²) >= 11 is 2.02. The highest BCUT2D eigenvalue weighted by Crippen LogP contribution is 2.45. The van der Waals surface area contributed by atoms with Gasteiger partial charge >= 0.3 is 0 Å². The monoisotopic (exact) mass is 263 g/mol. The molecule has 100 valence electrons. The minimum atomic E-state index is 0.328. The fraction of sp³-hybridized carbons (Fsp3) is 0.625. The van der Waals surface area contributed by atoms with Gasteiger partial charge in [0.1, 0.15) is 0 Å². The van der Waals surface area contributed by atoms with E-state index in [0.29, 0.717) is 17.5 Å². The highest BCUT2D eigenvalue weighted by molar-refractivity contribution is 7.99. The van der Waals surface area contributed by atoms with Crippen LogP contribution in [0.25, 0.3) is 0 Å². The van der Waals surface area contributed by atoms with Crippen molar-refractivity contribution >= 4 is 11.8 Å². The first kappa shape index (κ1) is 14.0. The van der Waals surface area contributed by atoms with E-state index in [1.54, 1.807) is 0 Å². The van der Waals surface area contributed by atoms with E-state index in [2.05, 4.69) is 57.3 Å². The molecule has 0 heterocycles. The van der Waals surface area contributed by atoms with Gasteiger partial charge < -0.3 is 5.32 Å². The molecular formula is C16H25NS. The molecule has 1 nitrogen and oxygen atoms in total. The second-order valence-electron chi connectivity index (χ2n) is 6.02. The first-order valence-electron chi connectivity index (χ1n) is 6.96. The zero-order valence-corrected chi connectivity index (χ0v) is 12.8. The number of rotatable bonds is 5. The molecule has 1 aromatic rings. The van der Waals surface area contributed by atoms with Gasteiger partial charge in [0.2, 0.25) is 0 Å². The van der Waals surface area contributed by atoms with E-state index < -0.39 is 0 Å². The second-order valence-corrected chi connectivity index (χ2v) is 7.34. The smallest absolute Gasteiger partial charge is 0.0380 e. The van der Waals surface area contributed by atoms with E-state index in [0.717, 1.165) is 0 Å². The maximum absolute atomic E-state index is 3.84. The normalized spacial score (nSPS) is 22.8. The summed E-state index contributed by atoms with van der Waals surface area (Å²) in [5, 5.41) is 3.84. The Hall–Kier alpha value is -0.470.